The molecule has 2 aromatic carbocycles. The molecule has 0 radical (unpaired) electrons. The van der Waals surface area contributed by atoms with Crippen LogP contribution < -0.4 is 20.7 Å². The van der Waals surface area contributed by atoms with Gasteiger partial charge in [-0.25, -0.2) is 0 Å². The highest BCUT2D eigenvalue weighted by molar-refractivity contribution is 5.86. The number of hydrogen-bond donors (Lipinski definition) is 2. The number of rotatable bonds is 5. The Morgan fingerprint density at radius 3 is 2.67 bits per heavy atom. The number of nitrogens with zero attached hydrogens (tertiary/aromatic N) is 2. The molecule has 158 valence electrons. The first-order chi connectivity index (χ1) is 14.6. The summed E-state index contributed by atoms with van der Waals surface area (Å²) in [6, 6.07) is 15.1. The van der Waals surface area contributed by atoms with E-state index in [0.717, 1.165) is 55.8 Å². The highest BCUT2D eigenvalue weighted by Gasteiger charge is 2.25. The van der Waals surface area contributed by atoms with Crippen molar-refractivity contribution in [3.8, 4) is 11.5 Å². The van der Waals surface area contributed by atoms with Crippen LogP contribution in [0.2, 0.25) is 0 Å². The third-order valence-electron chi connectivity index (χ3n) is 6.22. The van der Waals surface area contributed by atoms with Crippen LogP contribution in [0.4, 0.5) is 5.69 Å². The fourth-order valence-corrected chi connectivity index (χ4v) is 4.21. The van der Waals surface area contributed by atoms with Crippen molar-refractivity contribution in [3.05, 3.63) is 59.7 Å². The molecular weight excluding hydrogens is 372 g/mol. The fraction of sp³-hybridized carbons (Fsp3) is 0.400. The van der Waals surface area contributed by atoms with Crippen LogP contribution in [-0.2, 0) is 6.42 Å². The molecule has 3 N–H and O–H groups in total. The van der Waals surface area contributed by atoms with E-state index >= 15 is 0 Å². The van der Waals surface area contributed by atoms with E-state index in [2.05, 4.69) is 36.3 Å². The molecule has 1 atom stereocenters. The summed E-state index contributed by atoms with van der Waals surface area (Å²) >= 11 is 0. The lowest BCUT2D eigenvalue weighted by atomic mass is 9.93. The predicted molar refractivity (Wildman–Crippen MR) is 126 cm³/mol. The van der Waals surface area contributed by atoms with E-state index in [0.29, 0.717) is 17.8 Å². The summed E-state index contributed by atoms with van der Waals surface area (Å²) in [6.07, 6.45) is 8.01. The average Bonchev–Trinajstić information content (AvgIpc) is 2.78. The van der Waals surface area contributed by atoms with Gasteiger partial charge in [0.15, 0.2) is 0 Å². The highest BCUT2D eigenvalue weighted by Crippen LogP contribution is 2.41. The Bertz CT molecular complexity index is 916. The lowest BCUT2D eigenvalue weighted by molar-refractivity contribution is 0.461. The second kappa shape index (κ2) is 9.35. The number of nitrogens with one attached hydrogen (secondary N) is 1. The summed E-state index contributed by atoms with van der Waals surface area (Å²) in [5.41, 5.74) is 10.6. The number of nitrogens with two attached hydrogens (primary N) is 1. The summed E-state index contributed by atoms with van der Waals surface area (Å²) in [4.78, 5) is 7.03. The van der Waals surface area contributed by atoms with Crippen molar-refractivity contribution in [2.45, 2.75) is 44.7 Å². The van der Waals surface area contributed by atoms with Gasteiger partial charge in [0.25, 0.3) is 0 Å². The van der Waals surface area contributed by atoms with Crippen LogP contribution in [-0.4, -0.2) is 38.4 Å². The van der Waals surface area contributed by atoms with Gasteiger partial charge in [0.05, 0.1) is 6.04 Å². The molecule has 1 unspecified atom stereocenters. The molecule has 0 saturated carbocycles. The molecule has 0 aromatic heterocycles. The fourth-order valence-electron chi connectivity index (χ4n) is 4.21. The van der Waals surface area contributed by atoms with Crippen molar-refractivity contribution in [3.63, 3.8) is 0 Å². The Labute approximate surface area is 179 Å². The van der Waals surface area contributed by atoms with E-state index in [1.165, 1.54) is 11.3 Å². The quantitative estimate of drug-likeness (QED) is 0.727. The zero-order valence-electron chi connectivity index (χ0n) is 18.0. The Morgan fingerprint density at radius 1 is 1.13 bits per heavy atom. The molecule has 2 heterocycles. The molecule has 2 aliphatic rings. The molecule has 2 aliphatic heterocycles. The Hall–Kier alpha value is -2.79. The standard InChI is InChI=1S/C25H32N4O/c1-18-8-9-22-24(29(18)2)11-10-21(25(22)30-20-6-4-3-5-7-20)23(26)14-17-28-19-12-15-27-16-13-19/h3-7,10-11,14,17-19,27H,8-9,12-13,15-16,26H2,1-2H3. The summed E-state index contributed by atoms with van der Waals surface area (Å²) in [5.74, 6) is 1.69. The molecule has 5 nitrogen and oxygen atoms in total. The highest BCUT2D eigenvalue weighted by atomic mass is 16.5. The number of piperidine rings is 1. The number of aliphatic imine (C=N–C) groups is 1. The lowest BCUT2D eigenvalue weighted by Crippen LogP contribution is -2.33. The van der Waals surface area contributed by atoms with Crippen molar-refractivity contribution in [2.75, 3.05) is 25.0 Å². The van der Waals surface area contributed by atoms with Crippen molar-refractivity contribution in [1.29, 1.82) is 0 Å². The van der Waals surface area contributed by atoms with Gasteiger partial charge in [0.2, 0.25) is 0 Å². The monoisotopic (exact) mass is 404 g/mol. The summed E-state index contributed by atoms with van der Waals surface area (Å²) in [6.45, 7) is 4.33. The largest absolute Gasteiger partial charge is 0.456 e. The van der Waals surface area contributed by atoms with Crippen LogP contribution in [0.3, 0.4) is 0 Å². The van der Waals surface area contributed by atoms with Crippen molar-refractivity contribution >= 4 is 17.6 Å². The molecule has 1 saturated heterocycles. The van der Waals surface area contributed by atoms with Gasteiger partial charge >= 0.3 is 0 Å². The normalized spacial score (nSPS) is 20.4. The van der Waals surface area contributed by atoms with Gasteiger partial charge in [-0.1, -0.05) is 18.2 Å². The molecule has 5 heteroatoms. The maximum Gasteiger partial charge on any atom is 0.141 e. The first-order valence-electron chi connectivity index (χ1n) is 10.9. The Kier molecular flexibility index (Phi) is 6.38. The second-order valence-corrected chi connectivity index (χ2v) is 8.25. The number of ether oxygens (including phenoxy) is 1. The van der Waals surface area contributed by atoms with Crippen molar-refractivity contribution in [1.82, 2.24) is 5.32 Å². The Balaban J connectivity index is 1.67. The molecule has 30 heavy (non-hydrogen) atoms. The summed E-state index contributed by atoms with van der Waals surface area (Å²) < 4.78 is 6.41. The zero-order chi connectivity index (χ0) is 20.9. The molecule has 0 bridgehead atoms. The predicted octanol–water partition coefficient (Wildman–Crippen LogP) is 4.37. The van der Waals surface area contributed by atoms with Gasteiger partial charge in [0, 0.05) is 41.8 Å². The van der Waals surface area contributed by atoms with Gasteiger partial charge in [-0.15, -0.1) is 0 Å². The Morgan fingerprint density at radius 2 is 1.90 bits per heavy atom. The van der Waals surface area contributed by atoms with E-state index in [9.17, 15) is 0 Å². The molecule has 2 aromatic rings. The number of anilines is 1. The molecule has 1 fully saturated rings. The smallest absolute Gasteiger partial charge is 0.141 e. The average molecular weight is 405 g/mol. The number of benzene rings is 2. The van der Waals surface area contributed by atoms with E-state index in [-0.39, 0.29) is 0 Å². The topological polar surface area (TPSA) is 62.9 Å². The van der Waals surface area contributed by atoms with E-state index in [1.807, 2.05) is 42.6 Å². The maximum atomic E-state index is 6.52. The lowest BCUT2D eigenvalue weighted by Gasteiger charge is -2.35. The SMILES string of the molecule is CC1CCc2c(ccc(C(N)=CC=NC3CCNCC3)c2Oc2ccccc2)N1C. The van der Waals surface area contributed by atoms with Crippen LogP contribution in [0.15, 0.2) is 53.5 Å². The maximum absolute atomic E-state index is 6.52. The van der Waals surface area contributed by atoms with Gasteiger partial charge in [-0.05, 0) is 76.0 Å². The van der Waals surface area contributed by atoms with Gasteiger partial charge < -0.3 is 20.7 Å². The first kappa shape index (κ1) is 20.5. The van der Waals surface area contributed by atoms with E-state index in [4.69, 9.17) is 15.5 Å². The first-order valence-corrected chi connectivity index (χ1v) is 10.9. The third kappa shape index (κ3) is 4.51. The van der Waals surface area contributed by atoms with E-state index < -0.39 is 0 Å². The summed E-state index contributed by atoms with van der Waals surface area (Å²) in [7, 11) is 2.15. The van der Waals surface area contributed by atoms with Crippen molar-refractivity contribution < 1.29 is 4.74 Å². The van der Waals surface area contributed by atoms with Crippen molar-refractivity contribution in [2.24, 2.45) is 10.7 Å². The van der Waals surface area contributed by atoms with Gasteiger partial charge in [0.1, 0.15) is 11.5 Å². The van der Waals surface area contributed by atoms with Crippen LogP contribution >= 0.6 is 0 Å². The van der Waals surface area contributed by atoms with Crippen LogP contribution in [0, 0.1) is 0 Å². The second-order valence-electron chi connectivity index (χ2n) is 8.25. The molecule has 0 aliphatic carbocycles. The number of allylic oxidation sites excluding steroid dienone is 1. The number of hydrogen-bond acceptors (Lipinski definition) is 5. The minimum atomic E-state index is 0.383. The van der Waals surface area contributed by atoms with Crippen LogP contribution in [0.25, 0.3) is 5.70 Å². The summed E-state index contributed by atoms with van der Waals surface area (Å²) in [5, 5.41) is 3.37. The van der Waals surface area contributed by atoms with Crippen LogP contribution in [0.5, 0.6) is 11.5 Å². The zero-order valence-corrected chi connectivity index (χ0v) is 18.0. The molecule has 0 spiro atoms. The van der Waals surface area contributed by atoms with Gasteiger partial charge in [-0.3, -0.25) is 4.99 Å². The number of fused-ring (bicyclic) bond motifs is 1. The van der Waals surface area contributed by atoms with E-state index in [1.54, 1.807) is 0 Å². The third-order valence-corrected chi connectivity index (χ3v) is 6.22. The van der Waals surface area contributed by atoms with Gasteiger partial charge in [-0.2, -0.15) is 0 Å². The number of para-hydroxylation sites is 1. The molecule has 4 rings (SSSR count). The minimum Gasteiger partial charge on any atom is -0.456 e. The minimum absolute atomic E-state index is 0.383. The molecular formula is C25H32N4O. The van der Waals surface area contributed by atoms with Crippen LogP contribution in [0.1, 0.15) is 37.3 Å². The molecule has 0 amide bonds.